The summed E-state index contributed by atoms with van der Waals surface area (Å²) in [4.78, 5) is 37.2. The van der Waals surface area contributed by atoms with Gasteiger partial charge >= 0.3 is 0 Å². The highest BCUT2D eigenvalue weighted by Crippen LogP contribution is 2.37. The highest BCUT2D eigenvalue weighted by Gasteiger charge is 2.38. The van der Waals surface area contributed by atoms with Crippen molar-refractivity contribution in [1.82, 2.24) is 9.88 Å². The number of benzene rings is 2. The molecule has 2 fully saturated rings. The number of amides is 2. The Hall–Kier alpha value is -3.08. The number of fused-ring (bicyclic) bond motifs is 1. The second-order valence-corrected chi connectivity index (χ2v) is 10.4. The highest BCUT2D eigenvalue weighted by atomic mass is 32.1. The molecule has 3 heterocycles. The van der Waals surface area contributed by atoms with Gasteiger partial charge in [-0.3, -0.25) is 19.4 Å². The molecule has 2 saturated heterocycles. The molecule has 5 rings (SSSR count). The Bertz CT molecular complexity index is 1280. The summed E-state index contributed by atoms with van der Waals surface area (Å²) < 4.78 is 25.4. The van der Waals surface area contributed by atoms with Gasteiger partial charge in [0.1, 0.15) is 17.1 Å². The van der Waals surface area contributed by atoms with Crippen molar-refractivity contribution in [2.75, 3.05) is 62.8 Å². The maximum absolute atomic E-state index is 13.9. The van der Waals surface area contributed by atoms with Gasteiger partial charge in [0.15, 0.2) is 5.13 Å². The standard InChI is InChI=1S/C27H31FN4O4S/c1-18-4-9-22(35-2)24-25(18)37-27(29-24)31(11-3-10-30-12-14-36-15-13-30)26(34)19-16-23(33)32(17-19)21-7-5-20(28)6-8-21/h4-9,19H,3,10-17H2,1-2H3. The molecule has 0 bridgehead atoms. The summed E-state index contributed by atoms with van der Waals surface area (Å²) in [6.45, 7) is 6.85. The lowest BCUT2D eigenvalue weighted by Crippen LogP contribution is -2.41. The number of anilines is 2. The van der Waals surface area contributed by atoms with Gasteiger partial charge in [-0.2, -0.15) is 0 Å². The smallest absolute Gasteiger partial charge is 0.234 e. The van der Waals surface area contributed by atoms with Crippen molar-refractivity contribution in [3.05, 3.63) is 47.8 Å². The summed E-state index contributed by atoms with van der Waals surface area (Å²) >= 11 is 1.47. The molecule has 3 aromatic rings. The minimum absolute atomic E-state index is 0.115. The quantitative estimate of drug-likeness (QED) is 0.444. The Morgan fingerprint density at radius 3 is 2.70 bits per heavy atom. The zero-order chi connectivity index (χ0) is 25.9. The van der Waals surface area contributed by atoms with E-state index in [1.54, 1.807) is 29.0 Å². The molecule has 196 valence electrons. The van der Waals surface area contributed by atoms with Gasteiger partial charge in [0.05, 0.1) is 30.9 Å². The molecule has 1 unspecified atom stereocenters. The van der Waals surface area contributed by atoms with Crippen LogP contribution in [0, 0.1) is 18.7 Å². The molecule has 37 heavy (non-hydrogen) atoms. The number of nitrogens with zero attached hydrogens (tertiary/aromatic N) is 4. The SMILES string of the molecule is COc1ccc(C)c2sc(N(CCCN3CCOCC3)C(=O)C3CC(=O)N(c4ccc(F)cc4)C3)nc12. The van der Waals surface area contributed by atoms with E-state index < -0.39 is 5.92 Å². The second kappa shape index (κ2) is 11.1. The number of morpholine rings is 1. The van der Waals surface area contributed by atoms with Gasteiger partial charge in [0.2, 0.25) is 11.8 Å². The van der Waals surface area contributed by atoms with Gasteiger partial charge in [-0.1, -0.05) is 17.4 Å². The summed E-state index contributed by atoms with van der Waals surface area (Å²) in [5, 5.41) is 0.613. The predicted molar refractivity (Wildman–Crippen MR) is 142 cm³/mol. The summed E-state index contributed by atoms with van der Waals surface area (Å²) in [6, 6.07) is 9.68. The fraction of sp³-hybridized carbons (Fsp3) is 0.444. The normalized spacial score (nSPS) is 18.5. The summed E-state index contributed by atoms with van der Waals surface area (Å²) in [5.74, 6) is -0.454. The number of aryl methyl sites for hydroxylation is 1. The van der Waals surface area contributed by atoms with E-state index in [1.165, 1.54) is 23.5 Å². The lowest BCUT2D eigenvalue weighted by Gasteiger charge is -2.28. The molecule has 10 heteroatoms. The Labute approximate surface area is 219 Å². The number of carbonyl (C=O) groups excluding carboxylic acids is 2. The number of rotatable bonds is 8. The van der Waals surface area contributed by atoms with E-state index in [0.717, 1.165) is 55.0 Å². The van der Waals surface area contributed by atoms with Gasteiger partial charge < -0.3 is 14.4 Å². The molecule has 0 spiro atoms. The second-order valence-electron chi connectivity index (χ2n) is 9.44. The molecule has 2 aromatic carbocycles. The number of hydrogen-bond acceptors (Lipinski definition) is 7. The molecule has 0 aliphatic carbocycles. The Balaban J connectivity index is 1.39. The van der Waals surface area contributed by atoms with Crippen LogP contribution in [0.5, 0.6) is 5.75 Å². The summed E-state index contributed by atoms with van der Waals surface area (Å²) in [7, 11) is 1.61. The monoisotopic (exact) mass is 526 g/mol. The van der Waals surface area contributed by atoms with Crippen molar-refractivity contribution in [3.8, 4) is 5.75 Å². The third-order valence-electron chi connectivity index (χ3n) is 6.98. The number of halogens is 1. The first-order valence-corrected chi connectivity index (χ1v) is 13.4. The van der Waals surface area contributed by atoms with Crippen molar-refractivity contribution < 1.29 is 23.5 Å². The Morgan fingerprint density at radius 1 is 1.22 bits per heavy atom. The largest absolute Gasteiger partial charge is 0.494 e. The maximum Gasteiger partial charge on any atom is 0.234 e. The van der Waals surface area contributed by atoms with Crippen LogP contribution in [0.3, 0.4) is 0 Å². The molecule has 8 nitrogen and oxygen atoms in total. The number of thiazole rings is 1. The van der Waals surface area contributed by atoms with E-state index in [1.807, 2.05) is 19.1 Å². The van der Waals surface area contributed by atoms with Gasteiger partial charge in [-0.25, -0.2) is 9.37 Å². The lowest BCUT2D eigenvalue weighted by atomic mass is 10.1. The molecule has 2 aliphatic heterocycles. The van der Waals surface area contributed by atoms with E-state index >= 15 is 0 Å². The first kappa shape index (κ1) is 25.6. The lowest BCUT2D eigenvalue weighted by molar-refractivity contribution is -0.124. The number of aromatic nitrogens is 1. The number of methoxy groups -OCH3 is 1. The topological polar surface area (TPSA) is 75.2 Å². The van der Waals surface area contributed by atoms with Crippen molar-refractivity contribution in [1.29, 1.82) is 0 Å². The van der Waals surface area contributed by atoms with E-state index in [0.29, 0.717) is 23.1 Å². The Kier molecular flexibility index (Phi) is 7.68. The molecule has 2 amide bonds. The van der Waals surface area contributed by atoms with Gasteiger partial charge in [0, 0.05) is 44.8 Å². The van der Waals surface area contributed by atoms with Crippen LogP contribution in [-0.2, 0) is 14.3 Å². The summed E-state index contributed by atoms with van der Waals surface area (Å²) in [6.07, 6.45) is 0.892. The van der Waals surface area contributed by atoms with Crippen LogP contribution in [-0.4, -0.2) is 74.7 Å². The number of hydrogen-bond donors (Lipinski definition) is 0. The third-order valence-corrected chi connectivity index (χ3v) is 8.20. The first-order valence-electron chi connectivity index (χ1n) is 12.6. The minimum Gasteiger partial charge on any atom is -0.494 e. The van der Waals surface area contributed by atoms with Crippen LogP contribution >= 0.6 is 11.3 Å². The molecule has 0 radical (unpaired) electrons. The summed E-state index contributed by atoms with van der Waals surface area (Å²) in [5.41, 5.74) is 2.41. The minimum atomic E-state index is -0.504. The fourth-order valence-electron chi connectivity index (χ4n) is 4.92. The molecule has 2 aliphatic rings. The highest BCUT2D eigenvalue weighted by molar-refractivity contribution is 7.22. The molecule has 1 aromatic heterocycles. The van der Waals surface area contributed by atoms with E-state index in [-0.39, 0.29) is 30.6 Å². The fourth-order valence-corrected chi connectivity index (χ4v) is 6.00. The van der Waals surface area contributed by atoms with Crippen LogP contribution in [0.1, 0.15) is 18.4 Å². The van der Waals surface area contributed by atoms with Crippen molar-refractivity contribution >= 4 is 44.2 Å². The average Bonchev–Trinajstić information content (AvgIpc) is 3.53. The van der Waals surface area contributed by atoms with Crippen LogP contribution in [0.15, 0.2) is 36.4 Å². The molecule has 0 N–H and O–H groups in total. The Morgan fingerprint density at radius 2 is 1.97 bits per heavy atom. The van der Waals surface area contributed by atoms with Crippen LogP contribution in [0.2, 0.25) is 0 Å². The van der Waals surface area contributed by atoms with Gasteiger partial charge in [-0.15, -0.1) is 0 Å². The van der Waals surface area contributed by atoms with Crippen LogP contribution in [0.25, 0.3) is 10.2 Å². The van der Waals surface area contributed by atoms with Gasteiger partial charge in [0.25, 0.3) is 0 Å². The van der Waals surface area contributed by atoms with Crippen LogP contribution in [0.4, 0.5) is 15.2 Å². The maximum atomic E-state index is 13.9. The van der Waals surface area contributed by atoms with E-state index in [4.69, 9.17) is 14.5 Å². The number of carbonyl (C=O) groups is 2. The van der Waals surface area contributed by atoms with Crippen LogP contribution < -0.4 is 14.5 Å². The molecular formula is C27H31FN4O4S. The predicted octanol–water partition coefficient (Wildman–Crippen LogP) is 3.86. The zero-order valence-electron chi connectivity index (χ0n) is 21.1. The van der Waals surface area contributed by atoms with E-state index in [9.17, 15) is 14.0 Å². The molecular weight excluding hydrogens is 495 g/mol. The van der Waals surface area contributed by atoms with Crippen molar-refractivity contribution in [2.45, 2.75) is 19.8 Å². The molecule has 1 atom stereocenters. The zero-order valence-corrected chi connectivity index (χ0v) is 21.9. The van der Waals surface area contributed by atoms with Gasteiger partial charge in [-0.05, 0) is 49.2 Å². The van der Waals surface area contributed by atoms with Crippen molar-refractivity contribution in [2.24, 2.45) is 5.92 Å². The average molecular weight is 527 g/mol. The molecule has 0 saturated carbocycles. The van der Waals surface area contributed by atoms with E-state index in [2.05, 4.69) is 4.90 Å². The third kappa shape index (κ3) is 5.46. The van der Waals surface area contributed by atoms with Crippen molar-refractivity contribution in [3.63, 3.8) is 0 Å². The number of ether oxygens (including phenoxy) is 2. The first-order chi connectivity index (χ1) is 17.9.